The molecule has 0 aliphatic heterocycles. The van der Waals surface area contributed by atoms with Gasteiger partial charge in [-0.25, -0.2) is 0 Å². The van der Waals surface area contributed by atoms with Gasteiger partial charge in [-0.2, -0.15) is 4.98 Å². The third-order valence-corrected chi connectivity index (χ3v) is 4.37. The number of furan rings is 1. The Morgan fingerprint density at radius 3 is 2.56 bits per heavy atom. The van der Waals surface area contributed by atoms with Crippen LogP contribution in [-0.2, 0) is 10.8 Å². The van der Waals surface area contributed by atoms with Gasteiger partial charge in [0.15, 0.2) is 5.82 Å². The van der Waals surface area contributed by atoms with E-state index in [1.54, 1.807) is 19.9 Å². The van der Waals surface area contributed by atoms with Crippen LogP contribution in [0.1, 0.15) is 49.4 Å². The van der Waals surface area contributed by atoms with Crippen LogP contribution in [0.25, 0.3) is 0 Å². The van der Waals surface area contributed by atoms with Crippen LogP contribution < -0.4 is 0 Å². The van der Waals surface area contributed by atoms with Crippen LogP contribution >= 0.6 is 0 Å². The van der Waals surface area contributed by atoms with Crippen molar-refractivity contribution in [3.63, 3.8) is 0 Å². The van der Waals surface area contributed by atoms with Gasteiger partial charge < -0.3 is 8.94 Å². The van der Waals surface area contributed by atoms with Crippen molar-refractivity contribution >= 4 is 10.8 Å². The second-order valence-corrected chi connectivity index (χ2v) is 6.17. The van der Waals surface area contributed by atoms with Gasteiger partial charge in [0.2, 0.25) is 5.89 Å². The summed E-state index contributed by atoms with van der Waals surface area (Å²) in [6.45, 7) is 7.56. The summed E-state index contributed by atoms with van der Waals surface area (Å²) < 4.78 is 22.6. The Morgan fingerprint density at radius 1 is 1.33 bits per heavy atom. The molecule has 0 amide bonds. The van der Waals surface area contributed by atoms with Crippen molar-refractivity contribution in [1.29, 1.82) is 0 Å². The van der Waals surface area contributed by atoms with Crippen molar-refractivity contribution in [3.05, 3.63) is 29.8 Å². The summed E-state index contributed by atoms with van der Waals surface area (Å²) in [6.07, 6.45) is 1.53. The Bertz CT molecular complexity index is 559. The Balaban J connectivity index is 2.23. The standard InChI is InChI=1S/C12H16N2O3S/c1-7(2)11-13-12(17-14-11)9(4)18(15)10-5-6-16-8(10)3/h5-7,9H,1-4H3/t9-,18+/m1/s1. The van der Waals surface area contributed by atoms with Gasteiger partial charge in [0.05, 0.1) is 22.0 Å². The van der Waals surface area contributed by atoms with Gasteiger partial charge in [0, 0.05) is 5.92 Å². The first-order valence-electron chi connectivity index (χ1n) is 5.79. The molecule has 98 valence electrons. The van der Waals surface area contributed by atoms with E-state index < -0.39 is 10.8 Å². The lowest BCUT2D eigenvalue weighted by atomic mass is 10.2. The van der Waals surface area contributed by atoms with Crippen LogP contribution in [0.5, 0.6) is 0 Å². The largest absolute Gasteiger partial charge is 0.468 e. The summed E-state index contributed by atoms with van der Waals surface area (Å²) >= 11 is 0. The lowest BCUT2D eigenvalue weighted by molar-refractivity contribution is 0.371. The average Bonchev–Trinajstić information content (AvgIpc) is 2.95. The molecule has 2 rings (SSSR count). The number of hydrogen-bond donors (Lipinski definition) is 0. The highest BCUT2D eigenvalue weighted by atomic mass is 32.2. The first kappa shape index (κ1) is 13.0. The maximum atomic E-state index is 12.3. The maximum Gasteiger partial charge on any atom is 0.242 e. The van der Waals surface area contributed by atoms with Crippen molar-refractivity contribution in [1.82, 2.24) is 10.1 Å². The molecule has 6 heteroatoms. The monoisotopic (exact) mass is 268 g/mol. The second-order valence-electron chi connectivity index (χ2n) is 4.43. The second kappa shape index (κ2) is 5.06. The molecule has 0 aliphatic rings. The smallest absolute Gasteiger partial charge is 0.242 e. The Morgan fingerprint density at radius 2 is 2.06 bits per heavy atom. The zero-order chi connectivity index (χ0) is 13.3. The molecule has 0 aliphatic carbocycles. The SMILES string of the molecule is Cc1occc1[S@@](=O)[C@H](C)c1nc(C(C)C)no1. The van der Waals surface area contributed by atoms with E-state index >= 15 is 0 Å². The molecule has 2 atom stereocenters. The van der Waals surface area contributed by atoms with Crippen LogP contribution in [0.2, 0.25) is 0 Å². The highest BCUT2D eigenvalue weighted by molar-refractivity contribution is 7.85. The third-order valence-electron chi connectivity index (χ3n) is 2.67. The summed E-state index contributed by atoms with van der Waals surface area (Å²) in [5, 5.41) is 3.53. The highest BCUT2D eigenvalue weighted by Gasteiger charge is 2.24. The van der Waals surface area contributed by atoms with E-state index in [1.807, 2.05) is 13.8 Å². The fourth-order valence-electron chi connectivity index (χ4n) is 1.51. The van der Waals surface area contributed by atoms with Gasteiger partial charge in [-0.05, 0) is 19.9 Å². The van der Waals surface area contributed by atoms with Gasteiger partial charge in [-0.1, -0.05) is 19.0 Å². The highest BCUT2D eigenvalue weighted by Crippen LogP contribution is 2.26. The molecular weight excluding hydrogens is 252 g/mol. The quantitative estimate of drug-likeness (QED) is 0.852. The number of aromatic nitrogens is 2. The Hall–Kier alpha value is -1.43. The van der Waals surface area contributed by atoms with E-state index in [9.17, 15) is 4.21 Å². The minimum atomic E-state index is -1.25. The molecule has 18 heavy (non-hydrogen) atoms. The first-order chi connectivity index (χ1) is 8.50. The third kappa shape index (κ3) is 2.38. The van der Waals surface area contributed by atoms with Gasteiger partial charge in [0.1, 0.15) is 11.0 Å². The fraction of sp³-hybridized carbons (Fsp3) is 0.500. The van der Waals surface area contributed by atoms with E-state index in [-0.39, 0.29) is 11.2 Å². The molecule has 2 aromatic heterocycles. The number of hydrogen-bond acceptors (Lipinski definition) is 5. The molecule has 0 N–H and O–H groups in total. The van der Waals surface area contributed by atoms with Crippen molar-refractivity contribution in [2.75, 3.05) is 0 Å². The molecule has 0 aromatic carbocycles. The van der Waals surface area contributed by atoms with Crippen LogP contribution in [0.15, 0.2) is 26.2 Å². The summed E-state index contributed by atoms with van der Waals surface area (Å²) in [7, 11) is -1.25. The summed E-state index contributed by atoms with van der Waals surface area (Å²) in [4.78, 5) is 4.94. The minimum Gasteiger partial charge on any atom is -0.468 e. The van der Waals surface area contributed by atoms with E-state index in [0.29, 0.717) is 22.4 Å². The molecule has 0 unspecified atom stereocenters. The molecule has 0 fully saturated rings. The zero-order valence-electron chi connectivity index (χ0n) is 10.8. The van der Waals surface area contributed by atoms with Crippen molar-refractivity contribution in [2.45, 2.75) is 43.8 Å². The summed E-state index contributed by atoms with van der Waals surface area (Å²) in [6, 6.07) is 1.71. The van der Waals surface area contributed by atoms with Crippen LogP contribution in [-0.4, -0.2) is 14.3 Å². The van der Waals surface area contributed by atoms with Crippen molar-refractivity contribution in [2.24, 2.45) is 0 Å². The zero-order valence-corrected chi connectivity index (χ0v) is 11.7. The number of rotatable bonds is 4. The molecule has 0 saturated heterocycles. The van der Waals surface area contributed by atoms with Gasteiger partial charge >= 0.3 is 0 Å². The maximum absolute atomic E-state index is 12.3. The lowest BCUT2D eigenvalue weighted by Gasteiger charge is -2.05. The van der Waals surface area contributed by atoms with Crippen molar-refractivity contribution < 1.29 is 13.1 Å². The van der Waals surface area contributed by atoms with Crippen LogP contribution in [0.4, 0.5) is 0 Å². The van der Waals surface area contributed by atoms with Crippen molar-refractivity contribution in [3.8, 4) is 0 Å². The average molecular weight is 268 g/mol. The van der Waals surface area contributed by atoms with Gasteiger partial charge in [-0.3, -0.25) is 4.21 Å². The number of nitrogens with zero attached hydrogens (tertiary/aromatic N) is 2. The molecule has 5 nitrogen and oxygen atoms in total. The van der Waals surface area contributed by atoms with Crippen LogP contribution in [0, 0.1) is 6.92 Å². The summed E-state index contributed by atoms with van der Waals surface area (Å²) in [5.74, 6) is 1.89. The first-order valence-corrected chi connectivity index (χ1v) is 7.00. The Labute approximate surface area is 108 Å². The fourth-order valence-corrected chi connectivity index (χ4v) is 2.69. The van der Waals surface area contributed by atoms with E-state index in [0.717, 1.165) is 0 Å². The predicted molar refractivity (Wildman–Crippen MR) is 66.7 cm³/mol. The number of aryl methyl sites for hydroxylation is 1. The minimum absolute atomic E-state index is 0.193. The van der Waals surface area contributed by atoms with E-state index in [4.69, 9.17) is 8.94 Å². The van der Waals surface area contributed by atoms with E-state index in [2.05, 4.69) is 10.1 Å². The molecule has 0 bridgehead atoms. The topological polar surface area (TPSA) is 69.1 Å². The predicted octanol–water partition coefficient (Wildman–Crippen LogP) is 2.96. The molecule has 2 aromatic rings. The molecular formula is C12H16N2O3S. The molecule has 0 saturated carbocycles. The summed E-state index contributed by atoms with van der Waals surface area (Å²) in [5.41, 5.74) is 0. The molecule has 2 heterocycles. The van der Waals surface area contributed by atoms with Gasteiger partial charge in [0.25, 0.3) is 0 Å². The Kier molecular flexibility index (Phi) is 3.65. The molecule has 0 spiro atoms. The van der Waals surface area contributed by atoms with E-state index in [1.165, 1.54) is 6.26 Å². The normalized spacial score (nSPS) is 14.9. The van der Waals surface area contributed by atoms with Gasteiger partial charge in [-0.15, -0.1) is 0 Å². The molecule has 0 radical (unpaired) electrons. The van der Waals surface area contributed by atoms with Crippen LogP contribution in [0.3, 0.4) is 0 Å². The lowest BCUT2D eigenvalue weighted by Crippen LogP contribution is -2.04.